The Morgan fingerprint density at radius 1 is 1.31 bits per heavy atom. The highest BCUT2D eigenvalue weighted by atomic mass is 16.3. The van der Waals surface area contributed by atoms with Gasteiger partial charge in [-0.15, -0.1) is 0 Å². The lowest BCUT2D eigenvalue weighted by atomic mass is 9.97. The lowest BCUT2D eigenvalue weighted by Crippen LogP contribution is -2.35. The standard InChI is InChI=1S/C13H19NO2/c1-9(2)11-6-4-5-7-12(11)13(16)14-10(3)8-15/h4-7,9-10,15H,8H2,1-3H3,(H,14,16). The molecule has 3 nitrogen and oxygen atoms in total. The highest BCUT2D eigenvalue weighted by molar-refractivity contribution is 5.96. The van der Waals surface area contributed by atoms with E-state index in [4.69, 9.17) is 5.11 Å². The minimum atomic E-state index is -0.215. The molecule has 88 valence electrons. The second-order valence-corrected chi connectivity index (χ2v) is 4.30. The van der Waals surface area contributed by atoms with Crippen molar-refractivity contribution < 1.29 is 9.90 Å². The number of amides is 1. The fourth-order valence-electron chi connectivity index (χ4n) is 1.55. The van der Waals surface area contributed by atoms with E-state index < -0.39 is 0 Å². The van der Waals surface area contributed by atoms with E-state index in [-0.39, 0.29) is 18.6 Å². The van der Waals surface area contributed by atoms with Crippen LogP contribution in [-0.4, -0.2) is 23.7 Å². The van der Waals surface area contributed by atoms with Crippen molar-refractivity contribution in [3.05, 3.63) is 35.4 Å². The third-order valence-electron chi connectivity index (χ3n) is 2.48. The molecule has 0 radical (unpaired) electrons. The molecule has 0 aliphatic rings. The maximum Gasteiger partial charge on any atom is 0.251 e. The molecule has 0 aliphatic carbocycles. The van der Waals surface area contributed by atoms with Crippen LogP contribution in [0.1, 0.15) is 42.6 Å². The number of carbonyl (C=O) groups excluding carboxylic acids is 1. The van der Waals surface area contributed by atoms with E-state index in [0.717, 1.165) is 5.56 Å². The SMILES string of the molecule is CC(CO)NC(=O)c1ccccc1C(C)C. The number of carbonyl (C=O) groups is 1. The minimum absolute atomic E-state index is 0.0460. The van der Waals surface area contributed by atoms with E-state index in [1.807, 2.05) is 24.3 Å². The van der Waals surface area contributed by atoms with Crippen molar-refractivity contribution in [3.8, 4) is 0 Å². The summed E-state index contributed by atoms with van der Waals surface area (Å²) in [7, 11) is 0. The van der Waals surface area contributed by atoms with Crippen molar-refractivity contribution in [2.45, 2.75) is 32.7 Å². The van der Waals surface area contributed by atoms with Gasteiger partial charge in [0.25, 0.3) is 5.91 Å². The predicted octanol–water partition coefficient (Wildman–Crippen LogP) is 1.92. The van der Waals surface area contributed by atoms with E-state index in [1.54, 1.807) is 6.92 Å². The third-order valence-corrected chi connectivity index (χ3v) is 2.48. The second-order valence-electron chi connectivity index (χ2n) is 4.30. The Balaban J connectivity index is 2.90. The van der Waals surface area contributed by atoms with Crippen LogP contribution in [0.4, 0.5) is 0 Å². The quantitative estimate of drug-likeness (QED) is 0.816. The first-order valence-corrected chi connectivity index (χ1v) is 5.57. The van der Waals surface area contributed by atoms with E-state index in [0.29, 0.717) is 11.5 Å². The Bertz CT molecular complexity index is 361. The fraction of sp³-hybridized carbons (Fsp3) is 0.462. The van der Waals surface area contributed by atoms with Gasteiger partial charge in [-0.3, -0.25) is 4.79 Å². The Kier molecular flexibility index (Phi) is 4.50. The smallest absolute Gasteiger partial charge is 0.251 e. The number of aliphatic hydroxyl groups is 1. The van der Waals surface area contributed by atoms with Gasteiger partial charge in [-0.25, -0.2) is 0 Å². The van der Waals surface area contributed by atoms with Crippen molar-refractivity contribution in [1.82, 2.24) is 5.32 Å². The summed E-state index contributed by atoms with van der Waals surface area (Å²) in [5.41, 5.74) is 1.72. The summed E-state index contributed by atoms with van der Waals surface area (Å²) in [5, 5.41) is 11.6. The van der Waals surface area contributed by atoms with E-state index in [9.17, 15) is 4.79 Å². The lowest BCUT2D eigenvalue weighted by Gasteiger charge is -2.15. The van der Waals surface area contributed by atoms with Gasteiger partial charge in [-0.2, -0.15) is 0 Å². The Morgan fingerprint density at radius 3 is 2.50 bits per heavy atom. The number of benzene rings is 1. The first kappa shape index (κ1) is 12.7. The van der Waals surface area contributed by atoms with Crippen LogP contribution in [-0.2, 0) is 0 Å². The van der Waals surface area contributed by atoms with E-state index in [2.05, 4.69) is 19.2 Å². The van der Waals surface area contributed by atoms with Gasteiger partial charge in [0, 0.05) is 11.6 Å². The summed E-state index contributed by atoms with van der Waals surface area (Å²) >= 11 is 0. The first-order chi connectivity index (χ1) is 7.56. The molecule has 0 saturated carbocycles. The van der Waals surface area contributed by atoms with Crippen molar-refractivity contribution >= 4 is 5.91 Å². The van der Waals surface area contributed by atoms with Gasteiger partial charge in [0.05, 0.1) is 6.61 Å². The maximum absolute atomic E-state index is 11.9. The van der Waals surface area contributed by atoms with Crippen LogP contribution in [0.15, 0.2) is 24.3 Å². The van der Waals surface area contributed by atoms with Crippen LogP contribution in [0.25, 0.3) is 0 Å². The normalized spacial score (nSPS) is 12.6. The second kappa shape index (κ2) is 5.66. The Hall–Kier alpha value is -1.35. The maximum atomic E-state index is 11.9. The first-order valence-electron chi connectivity index (χ1n) is 5.57. The molecule has 0 saturated heterocycles. The van der Waals surface area contributed by atoms with Crippen LogP contribution < -0.4 is 5.32 Å². The summed E-state index contributed by atoms with van der Waals surface area (Å²) < 4.78 is 0. The molecule has 0 aromatic heterocycles. The van der Waals surface area contributed by atoms with Gasteiger partial charge in [0.2, 0.25) is 0 Å². The van der Waals surface area contributed by atoms with Crippen LogP contribution >= 0.6 is 0 Å². The monoisotopic (exact) mass is 221 g/mol. The van der Waals surface area contributed by atoms with Crippen LogP contribution in [0.5, 0.6) is 0 Å². The molecule has 1 amide bonds. The van der Waals surface area contributed by atoms with Gasteiger partial charge in [0.15, 0.2) is 0 Å². The van der Waals surface area contributed by atoms with Crippen LogP contribution in [0.3, 0.4) is 0 Å². The number of hydrogen-bond acceptors (Lipinski definition) is 2. The number of aliphatic hydroxyl groups excluding tert-OH is 1. The molecular formula is C13H19NO2. The van der Waals surface area contributed by atoms with Crippen molar-refractivity contribution in [2.24, 2.45) is 0 Å². The van der Waals surface area contributed by atoms with Gasteiger partial charge < -0.3 is 10.4 Å². The molecule has 1 aromatic carbocycles. The zero-order valence-electron chi connectivity index (χ0n) is 10.0. The molecule has 1 unspecified atom stereocenters. The zero-order chi connectivity index (χ0) is 12.1. The van der Waals surface area contributed by atoms with Crippen molar-refractivity contribution in [1.29, 1.82) is 0 Å². The minimum Gasteiger partial charge on any atom is -0.394 e. The molecule has 2 N–H and O–H groups in total. The van der Waals surface area contributed by atoms with E-state index >= 15 is 0 Å². The summed E-state index contributed by atoms with van der Waals surface area (Å²) in [6, 6.07) is 7.34. The molecule has 0 heterocycles. The highest BCUT2D eigenvalue weighted by Crippen LogP contribution is 2.18. The summed E-state index contributed by atoms with van der Waals surface area (Å²) in [5.74, 6) is 0.192. The van der Waals surface area contributed by atoms with Gasteiger partial charge in [-0.05, 0) is 24.5 Å². The molecule has 0 aliphatic heterocycles. The fourth-order valence-corrected chi connectivity index (χ4v) is 1.55. The summed E-state index contributed by atoms with van der Waals surface area (Å²) in [6.45, 7) is 5.84. The molecule has 0 spiro atoms. The molecule has 0 bridgehead atoms. The van der Waals surface area contributed by atoms with Crippen LogP contribution in [0.2, 0.25) is 0 Å². The highest BCUT2D eigenvalue weighted by Gasteiger charge is 2.14. The molecule has 1 aromatic rings. The number of rotatable bonds is 4. The average Bonchev–Trinajstić information content (AvgIpc) is 2.28. The summed E-state index contributed by atoms with van der Waals surface area (Å²) in [4.78, 5) is 11.9. The third kappa shape index (κ3) is 3.07. The van der Waals surface area contributed by atoms with Crippen molar-refractivity contribution in [2.75, 3.05) is 6.61 Å². The van der Waals surface area contributed by atoms with Gasteiger partial charge in [0.1, 0.15) is 0 Å². The van der Waals surface area contributed by atoms with Gasteiger partial charge in [-0.1, -0.05) is 32.0 Å². The average molecular weight is 221 g/mol. The predicted molar refractivity (Wildman–Crippen MR) is 64.5 cm³/mol. The topological polar surface area (TPSA) is 49.3 Å². The molecule has 1 rings (SSSR count). The molecule has 0 fully saturated rings. The Morgan fingerprint density at radius 2 is 1.94 bits per heavy atom. The largest absolute Gasteiger partial charge is 0.394 e. The molecule has 16 heavy (non-hydrogen) atoms. The number of nitrogens with one attached hydrogen (secondary N) is 1. The number of hydrogen-bond donors (Lipinski definition) is 2. The van der Waals surface area contributed by atoms with Crippen LogP contribution in [0, 0.1) is 0 Å². The Labute approximate surface area is 96.5 Å². The molecule has 1 atom stereocenters. The zero-order valence-corrected chi connectivity index (χ0v) is 10.0. The molecule has 3 heteroatoms. The van der Waals surface area contributed by atoms with E-state index in [1.165, 1.54) is 0 Å². The van der Waals surface area contributed by atoms with Gasteiger partial charge >= 0.3 is 0 Å². The summed E-state index contributed by atoms with van der Waals surface area (Å²) in [6.07, 6.45) is 0. The molecular weight excluding hydrogens is 202 g/mol. The van der Waals surface area contributed by atoms with Crippen molar-refractivity contribution in [3.63, 3.8) is 0 Å². The lowest BCUT2D eigenvalue weighted by molar-refractivity contribution is 0.0921.